The van der Waals surface area contributed by atoms with Gasteiger partial charge in [-0.25, -0.2) is 4.57 Å². The summed E-state index contributed by atoms with van der Waals surface area (Å²) in [6.07, 6.45) is 41.5. The van der Waals surface area contributed by atoms with Gasteiger partial charge in [-0.3, -0.25) is 13.8 Å². The molecule has 3 atom stereocenters. The topological polar surface area (TPSA) is 132 Å². The van der Waals surface area contributed by atoms with E-state index in [4.69, 9.17) is 23.6 Å². The summed E-state index contributed by atoms with van der Waals surface area (Å²) < 4.78 is 33.1. The van der Waals surface area contributed by atoms with Crippen LogP contribution in [-0.4, -0.2) is 66.3 Å². The maximum absolute atomic E-state index is 12.5. The summed E-state index contributed by atoms with van der Waals surface area (Å²) in [6.45, 7) is 3.24. The molecule has 0 fully saturated rings. The van der Waals surface area contributed by atoms with Crippen LogP contribution in [0.4, 0.5) is 0 Å². The molecular formula is C40H69O9P. The van der Waals surface area contributed by atoms with Gasteiger partial charge in [0.25, 0.3) is 0 Å². The Balaban J connectivity index is 4.38. The van der Waals surface area contributed by atoms with Crippen LogP contribution in [0.2, 0.25) is 0 Å². The summed E-state index contributed by atoms with van der Waals surface area (Å²) in [7, 11) is -4.53. The molecule has 0 spiro atoms. The lowest BCUT2D eigenvalue weighted by molar-refractivity contribution is -0.154. The zero-order valence-electron chi connectivity index (χ0n) is 31.1. The van der Waals surface area contributed by atoms with Crippen LogP contribution in [0.5, 0.6) is 0 Å². The number of unbranched alkanes of at least 4 members (excludes halogenated alkanes) is 9. The lowest BCUT2D eigenvalue weighted by atomic mass is 10.1. The van der Waals surface area contributed by atoms with Crippen LogP contribution < -0.4 is 0 Å². The fraction of sp³-hybridized carbons (Fsp3) is 0.675. The second-order valence-electron chi connectivity index (χ2n) is 12.2. The van der Waals surface area contributed by atoms with Crippen LogP contribution in [-0.2, 0) is 27.9 Å². The standard InChI is InChI=1S/C40H69O9P/c1-3-5-7-9-11-13-15-17-18-19-20-21-22-24-26-28-30-32-40(43)49-39(37-48-50(44,45)47-35-38(42)34-41)36-46-33-31-29-27-25-23-16-14-12-10-8-6-4-2/h5,7,10-13,17-18,20-21,24,26,38-39,41-42H,3-4,6,8-9,14-16,19,22-23,25,27-37H2,1-2H3,(H,44,45)/b7-5-,12-10-,13-11-,18-17-,21-20-,26-24-. The average molecular weight is 725 g/mol. The van der Waals surface area contributed by atoms with Gasteiger partial charge in [0.15, 0.2) is 0 Å². The van der Waals surface area contributed by atoms with E-state index in [1.807, 2.05) is 6.08 Å². The molecule has 0 aliphatic rings. The Morgan fingerprint density at radius 3 is 1.74 bits per heavy atom. The Labute approximate surface area is 303 Å². The van der Waals surface area contributed by atoms with Crippen molar-refractivity contribution in [3.05, 3.63) is 72.9 Å². The smallest absolute Gasteiger partial charge is 0.457 e. The molecule has 0 radical (unpaired) electrons. The Bertz CT molecular complexity index is 1000. The molecule has 0 saturated carbocycles. The fourth-order valence-corrected chi connectivity index (χ4v) is 5.28. The SMILES string of the molecule is CC/C=C\C/C=C\C/C=C\C/C=C\C/C=C\CCCC(=O)OC(COCCCCCCCC/C=C\CCCC)COP(=O)(O)OCC(O)CO. The lowest BCUT2D eigenvalue weighted by Gasteiger charge is -2.20. The Morgan fingerprint density at radius 1 is 0.640 bits per heavy atom. The first-order chi connectivity index (χ1) is 24.3. The highest BCUT2D eigenvalue weighted by atomic mass is 31.2. The summed E-state index contributed by atoms with van der Waals surface area (Å²) in [5.41, 5.74) is 0. The quantitative estimate of drug-likeness (QED) is 0.0253. The van der Waals surface area contributed by atoms with Crippen molar-refractivity contribution in [2.24, 2.45) is 0 Å². The van der Waals surface area contributed by atoms with E-state index in [2.05, 4.69) is 80.7 Å². The number of hydrogen-bond donors (Lipinski definition) is 3. The minimum atomic E-state index is -4.53. The van der Waals surface area contributed by atoms with E-state index < -0.39 is 45.8 Å². The van der Waals surface area contributed by atoms with E-state index >= 15 is 0 Å². The van der Waals surface area contributed by atoms with Crippen molar-refractivity contribution in [2.45, 2.75) is 142 Å². The van der Waals surface area contributed by atoms with Crippen LogP contribution in [0.15, 0.2) is 72.9 Å². The maximum Gasteiger partial charge on any atom is 0.472 e. The molecule has 9 nitrogen and oxygen atoms in total. The van der Waals surface area contributed by atoms with Gasteiger partial charge in [0.05, 0.1) is 26.4 Å². The van der Waals surface area contributed by atoms with Crippen LogP contribution in [0.25, 0.3) is 0 Å². The van der Waals surface area contributed by atoms with E-state index in [0.29, 0.717) is 13.0 Å². The van der Waals surface area contributed by atoms with Crippen molar-refractivity contribution in [1.29, 1.82) is 0 Å². The van der Waals surface area contributed by atoms with Crippen molar-refractivity contribution in [1.82, 2.24) is 0 Å². The fourth-order valence-electron chi connectivity index (χ4n) is 4.49. The summed E-state index contributed by atoms with van der Waals surface area (Å²) >= 11 is 0. The number of carbonyl (C=O) groups excluding carboxylic acids is 1. The number of hydrogen-bond acceptors (Lipinski definition) is 8. The molecule has 3 unspecified atom stereocenters. The minimum absolute atomic E-state index is 0.0180. The van der Waals surface area contributed by atoms with Crippen molar-refractivity contribution >= 4 is 13.8 Å². The second kappa shape index (κ2) is 36.7. The third-order valence-corrected chi connectivity index (χ3v) is 8.33. The molecule has 0 saturated heterocycles. The van der Waals surface area contributed by atoms with E-state index in [1.165, 1.54) is 38.5 Å². The molecule has 0 aromatic heterocycles. The molecule has 50 heavy (non-hydrogen) atoms. The molecule has 0 rings (SSSR count). The highest BCUT2D eigenvalue weighted by molar-refractivity contribution is 7.47. The molecule has 0 heterocycles. The Kier molecular flexibility index (Phi) is 35.1. The third-order valence-electron chi connectivity index (χ3n) is 7.38. The second-order valence-corrected chi connectivity index (χ2v) is 13.7. The first-order valence-corrected chi connectivity index (χ1v) is 20.4. The average Bonchev–Trinajstić information content (AvgIpc) is 3.10. The summed E-state index contributed by atoms with van der Waals surface area (Å²) in [4.78, 5) is 22.4. The number of phosphoric acid groups is 1. The van der Waals surface area contributed by atoms with Gasteiger partial charge in [-0.1, -0.05) is 125 Å². The van der Waals surface area contributed by atoms with Crippen LogP contribution >= 0.6 is 7.82 Å². The van der Waals surface area contributed by atoms with Gasteiger partial charge < -0.3 is 24.6 Å². The number of esters is 1. The van der Waals surface area contributed by atoms with Gasteiger partial charge in [0, 0.05) is 13.0 Å². The number of aliphatic hydroxyl groups excluding tert-OH is 2. The van der Waals surface area contributed by atoms with Crippen molar-refractivity contribution < 1.29 is 43.0 Å². The van der Waals surface area contributed by atoms with Crippen molar-refractivity contribution in [3.63, 3.8) is 0 Å². The molecule has 288 valence electrons. The number of rotatable bonds is 35. The number of allylic oxidation sites excluding steroid dienone is 12. The zero-order chi connectivity index (χ0) is 36.8. The Hall–Kier alpha value is -2.10. The highest BCUT2D eigenvalue weighted by Gasteiger charge is 2.26. The molecule has 0 aliphatic carbocycles. The number of carbonyl (C=O) groups is 1. The summed E-state index contributed by atoms with van der Waals surface area (Å²) in [6, 6.07) is 0. The summed E-state index contributed by atoms with van der Waals surface area (Å²) in [5.74, 6) is -0.445. The molecule has 0 aliphatic heterocycles. The largest absolute Gasteiger partial charge is 0.472 e. The first kappa shape index (κ1) is 47.9. The van der Waals surface area contributed by atoms with Gasteiger partial charge >= 0.3 is 13.8 Å². The van der Waals surface area contributed by atoms with Gasteiger partial charge in [-0.15, -0.1) is 0 Å². The van der Waals surface area contributed by atoms with Gasteiger partial charge in [-0.05, 0) is 70.6 Å². The first-order valence-electron chi connectivity index (χ1n) is 18.9. The third kappa shape index (κ3) is 35.7. The van der Waals surface area contributed by atoms with Gasteiger partial charge in [0.2, 0.25) is 0 Å². The van der Waals surface area contributed by atoms with Crippen LogP contribution in [0, 0.1) is 0 Å². The number of aliphatic hydroxyl groups is 2. The predicted octanol–water partition coefficient (Wildman–Crippen LogP) is 9.80. The minimum Gasteiger partial charge on any atom is -0.457 e. The summed E-state index contributed by atoms with van der Waals surface area (Å²) in [5, 5.41) is 18.3. The van der Waals surface area contributed by atoms with Crippen LogP contribution in [0.3, 0.4) is 0 Å². The van der Waals surface area contributed by atoms with Gasteiger partial charge in [0.1, 0.15) is 12.2 Å². The van der Waals surface area contributed by atoms with E-state index in [0.717, 1.165) is 64.2 Å². The molecule has 0 aromatic carbocycles. The zero-order valence-corrected chi connectivity index (χ0v) is 32.0. The molecule has 0 aromatic rings. The van der Waals surface area contributed by atoms with Crippen molar-refractivity contribution in [2.75, 3.05) is 33.0 Å². The molecule has 10 heteroatoms. The van der Waals surface area contributed by atoms with E-state index in [1.54, 1.807) is 0 Å². The molecular weight excluding hydrogens is 655 g/mol. The predicted molar refractivity (Wildman–Crippen MR) is 205 cm³/mol. The normalized spacial score (nSPS) is 15.1. The van der Waals surface area contributed by atoms with E-state index in [9.17, 15) is 19.4 Å². The van der Waals surface area contributed by atoms with Crippen molar-refractivity contribution in [3.8, 4) is 0 Å². The number of ether oxygens (including phenoxy) is 2. The monoisotopic (exact) mass is 724 g/mol. The molecule has 0 amide bonds. The van der Waals surface area contributed by atoms with Gasteiger partial charge in [-0.2, -0.15) is 0 Å². The van der Waals surface area contributed by atoms with E-state index in [-0.39, 0.29) is 13.0 Å². The maximum atomic E-state index is 12.5. The molecule has 0 bridgehead atoms. The lowest BCUT2D eigenvalue weighted by Crippen LogP contribution is -2.29. The highest BCUT2D eigenvalue weighted by Crippen LogP contribution is 2.43. The molecule has 3 N–H and O–H groups in total. The van der Waals surface area contributed by atoms with Crippen LogP contribution in [0.1, 0.15) is 129 Å². The Morgan fingerprint density at radius 2 is 1.14 bits per heavy atom. The number of phosphoric ester groups is 1.